The summed E-state index contributed by atoms with van der Waals surface area (Å²) in [5, 5.41) is 9.78. The number of carbonyl (C=O) groups is 3. The SMILES string of the molecule is COCCCOc1cc([C@H]2C(C(C)=O)C[C@@H](C(=O)O)N2C(=O)OC(C)(C)C)ccc1OC. The zero-order chi connectivity index (χ0) is 24.1. The average molecular weight is 452 g/mol. The van der Waals surface area contributed by atoms with Gasteiger partial charge in [0.05, 0.1) is 19.8 Å². The second-order valence-corrected chi connectivity index (χ2v) is 8.74. The Hall–Kier alpha value is -2.81. The van der Waals surface area contributed by atoms with E-state index in [1.54, 1.807) is 46.1 Å². The summed E-state index contributed by atoms with van der Waals surface area (Å²) in [6.07, 6.45) is -0.115. The molecule has 0 bridgehead atoms. The monoisotopic (exact) mass is 451 g/mol. The quantitative estimate of drug-likeness (QED) is 0.568. The fraction of sp³-hybridized carbons (Fsp3) is 0.609. The van der Waals surface area contributed by atoms with Crippen LogP contribution in [0.15, 0.2) is 18.2 Å². The number of carboxylic acid groups (broad SMARTS) is 1. The van der Waals surface area contributed by atoms with E-state index < -0.39 is 35.7 Å². The predicted octanol–water partition coefficient (Wildman–Crippen LogP) is 3.45. The minimum Gasteiger partial charge on any atom is -0.493 e. The van der Waals surface area contributed by atoms with Crippen molar-refractivity contribution >= 4 is 17.8 Å². The van der Waals surface area contributed by atoms with Crippen LogP contribution in [0.2, 0.25) is 0 Å². The summed E-state index contributed by atoms with van der Waals surface area (Å²) in [5.41, 5.74) is -0.253. The van der Waals surface area contributed by atoms with Crippen LogP contribution in [0, 0.1) is 5.92 Å². The normalized spacial score (nSPS) is 20.7. The molecule has 3 atom stereocenters. The second-order valence-electron chi connectivity index (χ2n) is 8.74. The number of aliphatic carboxylic acids is 1. The van der Waals surface area contributed by atoms with Crippen molar-refractivity contribution in [2.45, 2.75) is 58.2 Å². The molecule has 1 unspecified atom stereocenters. The van der Waals surface area contributed by atoms with Gasteiger partial charge in [-0.15, -0.1) is 0 Å². The highest BCUT2D eigenvalue weighted by molar-refractivity contribution is 5.87. The molecule has 0 aliphatic carbocycles. The molecule has 1 fully saturated rings. The number of likely N-dealkylation sites (tertiary alicyclic amines) is 1. The molecule has 178 valence electrons. The van der Waals surface area contributed by atoms with E-state index in [9.17, 15) is 19.5 Å². The molecule has 1 aliphatic heterocycles. The number of hydrogen-bond donors (Lipinski definition) is 1. The number of carboxylic acids is 1. The van der Waals surface area contributed by atoms with Crippen molar-refractivity contribution in [3.8, 4) is 11.5 Å². The van der Waals surface area contributed by atoms with E-state index in [1.165, 1.54) is 14.0 Å². The number of amides is 1. The summed E-state index contributed by atoms with van der Waals surface area (Å²) in [5.74, 6) is -1.16. The Morgan fingerprint density at radius 3 is 2.34 bits per heavy atom. The molecule has 9 nitrogen and oxygen atoms in total. The summed E-state index contributed by atoms with van der Waals surface area (Å²) in [6, 6.07) is 3.09. The third-order valence-corrected chi connectivity index (χ3v) is 5.18. The van der Waals surface area contributed by atoms with Crippen molar-refractivity contribution in [3.05, 3.63) is 23.8 Å². The van der Waals surface area contributed by atoms with Crippen LogP contribution in [0.4, 0.5) is 4.79 Å². The van der Waals surface area contributed by atoms with Crippen molar-refractivity contribution in [2.24, 2.45) is 5.92 Å². The van der Waals surface area contributed by atoms with Crippen molar-refractivity contribution in [3.63, 3.8) is 0 Å². The number of rotatable bonds is 9. The van der Waals surface area contributed by atoms with Crippen LogP contribution in [0.3, 0.4) is 0 Å². The first-order valence-electron chi connectivity index (χ1n) is 10.5. The maximum absolute atomic E-state index is 13.0. The Kier molecular flexibility index (Phi) is 8.49. The Bertz CT molecular complexity index is 832. The van der Waals surface area contributed by atoms with Gasteiger partial charge in [-0.3, -0.25) is 9.69 Å². The number of ketones is 1. The van der Waals surface area contributed by atoms with E-state index in [2.05, 4.69) is 0 Å². The molecule has 0 aromatic heterocycles. The average Bonchev–Trinajstić information content (AvgIpc) is 3.11. The van der Waals surface area contributed by atoms with E-state index in [0.29, 0.717) is 36.7 Å². The fourth-order valence-corrected chi connectivity index (χ4v) is 3.80. The van der Waals surface area contributed by atoms with Gasteiger partial charge in [0.2, 0.25) is 0 Å². The standard InChI is InChI=1S/C23H33NO8/c1-14(25)16-13-17(21(26)27)24(22(28)32-23(2,3)4)20(16)15-8-9-18(30-6)19(12-15)31-11-7-10-29-5/h8-9,12,16-17,20H,7,10-11,13H2,1-6H3,(H,26,27)/t16?,17-,20-/m0/s1. The number of nitrogens with zero attached hydrogens (tertiary/aromatic N) is 1. The molecule has 2 rings (SSSR count). The van der Waals surface area contributed by atoms with Crippen molar-refractivity contribution < 1.29 is 38.4 Å². The van der Waals surface area contributed by atoms with E-state index in [0.717, 1.165) is 4.90 Å². The lowest BCUT2D eigenvalue weighted by Gasteiger charge is -2.32. The zero-order valence-electron chi connectivity index (χ0n) is 19.5. The molecule has 1 saturated heterocycles. The maximum atomic E-state index is 13.0. The lowest BCUT2D eigenvalue weighted by Crippen LogP contribution is -2.44. The van der Waals surface area contributed by atoms with E-state index in [1.807, 2.05) is 0 Å². The summed E-state index contributed by atoms with van der Waals surface area (Å²) >= 11 is 0. The second kappa shape index (κ2) is 10.7. The lowest BCUT2D eigenvalue weighted by molar-refractivity contribution is -0.142. The first kappa shape index (κ1) is 25.5. The summed E-state index contributed by atoms with van der Waals surface area (Å²) in [6.45, 7) is 7.42. The Morgan fingerprint density at radius 1 is 1.12 bits per heavy atom. The fourth-order valence-electron chi connectivity index (χ4n) is 3.80. The number of hydrogen-bond acceptors (Lipinski definition) is 7. The van der Waals surface area contributed by atoms with E-state index in [4.69, 9.17) is 18.9 Å². The van der Waals surface area contributed by atoms with Gasteiger partial charge in [0, 0.05) is 26.1 Å². The molecule has 0 radical (unpaired) electrons. The largest absolute Gasteiger partial charge is 0.493 e. The van der Waals surface area contributed by atoms with Gasteiger partial charge in [-0.2, -0.15) is 0 Å². The van der Waals surface area contributed by atoms with Gasteiger partial charge in [0.15, 0.2) is 11.5 Å². The predicted molar refractivity (Wildman–Crippen MR) is 116 cm³/mol. The number of ether oxygens (including phenoxy) is 4. The molecule has 0 spiro atoms. The highest BCUT2D eigenvalue weighted by Gasteiger charge is 2.51. The highest BCUT2D eigenvalue weighted by Crippen LogP contribution is 2.44. The summed E-state index contributed by atoms with van der Waals surface area (Å²) < 4.78 is 21.7. The van der Waals surface area contributed by atoms with Crippen molar-refractivity contribution in [1.29, 1.82) is 0 Å². The van der Waals surface area contributed by atoms with Gasteiger partial charge in [-0.1, -0.05) is 6.07 Å². The molecule has 1 heterocycles. The van der Waals surface area contributed by atoms with Gasteiger partial charge in [-0.05, 0) is 51.8 Å². The number of carbonyl (C=O) groups excluding carboxylic acids is 2. The van der Waals surface area contributed by atoms with Crippen LogP contribution in [-0.4, -0.2) is 66.9 Å². The Morgan fingerprint density at radius 2 is 1.81 bits per heavy atom. The van der Waals surface area contributed by atoms with E-state index in [-0.39, 0.29) is 12.2 Å². The van der Waals surface area contributed by atoms with Crippen molar-refractivity contribution in [2.75, 3.05) is 27.4 Å². The highest BCUT2D eigenvalue weighted by atomic mass is 16.6. The third kappa shape index (κ3) is 6.12. The number of methoxy groups -OCH3 is 2. The molecule has 1 aromatic rings. The first-order valence-corrected chi connectivity index (χ1v) is 10.5. The van der Waals surface area contributed by atoms with Gasteiger partial charge in [0.1, 0.15) is 17.4 Å². The van der Waals surface area contributed by atoms with Crippen LogP contribution in [0.25, 0.3) is 0 Å². The summed E-state index contributed by atoms with van der Waals surface area (Å²) in [7, 11) is 3.12. The molecule has 0 saturated carbocycles. The zero-order valence-corrected chi connectivity index (χ0v) is 19.5. The van der Waals surface area contributed by atoms with E-state index >= 15 is 0 Å². The number of Topliss-reactive ketones (excluding diaryl/α,β-unsaturated/α-hetero) is 1. The van der Waals surface area contributed by atoms with Gasteiger partial charge in [-0.25, -0.2) is 9.59 Å². The first-order chi connectivity index (χ1) is 15.0. The number of benzene rings is 1. The van der Waals surface area contributed by atoms with Crippen LogP contribution in [0.1, 0.15) is 52.1 Å². The summed E-state index contributed by atoms with van der Waals surface area (Å²) in [4.78, 5) is 38.6. The molecule has 32 heavy (non-hydrogen) atoms. The molecule has 1 aliphatic rings. The Labute approximate surface area is 188 Å². The third-order valence-electron chi connectivity index (χ3n) is 5.18. The van der Waals surface area contributed by atoms with Crippen LogP contribution < -0.4 is 9.47 Å². The molecule has 1 aromatic carbocycles. The Balaban J connectivity index is 2.49. The van der Waals surface area contributed by atoms with Crippen LogP contribution >= 0.6 is 0 Å². The minimum atomic E-state index is -1.19. The lowest BCUT2D eigenvalue weighted by atomic mass is 9.90. The van der Waals surface area contributed by atoms with Gasteiger partial charge in [0.25, 0.3) is 0 Å². The molecule has 1 amide bonds. The maximum Gasteiger partial charge on any atom is 0.411 e. The minimum absolute atomic E-state index is 0.00460. The van der Waals surface area contributed by atoms with Crippen LogP contribution in [-0.2, 0) is 19.1 Å². The topological polar surface area (TPSA) is 112 Å². The van der Waals surface area contributed by atoms with Gasteiger partial charge >= 0.3 is 12.1 Å². The molecular weight excluding hydrogens is 418 g/mol. The van der Waals surface area contributed by atoms with Crippen LogP contribution in [0.5, 0.6) is 11.5 Å². The molecule has 9 heteroatoms. The molecule has 1 N–H and O–H groups in total. The van der Waals surface area contributed by atoms with Gasteiger partial charge < -0.3 is 24.1 Å². The van der Waals surface area contributed by atoms with Crippen molar-refractivity contribution in [1.82, 2.24) is 4.90 Å². The smallest absolute Gasteiger partial charge is 0.411 e. The molecular formula is C23H33NO8.